The van der Waals surface area contributed by atoms with Gasteiger partial charge in [0.05, 0.1) is 24.3 Å². The Balaban J connectivity index is 1.54. The molecule has 7 nitrogen and oxygen atoms in total. The van der Waals surface area contributed by atoms with E-state index in [2.05, 4.69) is 21.0 Å². The second-order valence-electron chi connectivity index (χ2n) is 8.20. The molecule has 2 heterocycles. The van der Waals surface area contributed by atoms with Crippen molar-refractivity contribution >= 4 is 41.2 Å². The molecule has 1 saturated carbocycles. The Bertz CT molecular complexity index is 1260. The Morgan fingerprint density at radius 2 is 2.09 bits per heavy atom. The second kappa shape index (κ2) is 11.5. The van der Waals surface area contributed by atoms with Crippen LogP contribution in [0.25, 0.3) is 6.08 Å². The summed E-state index contributed by atoms with van der Waals surface area (Å²) >= 11 is 6.19. The van der Waals surface area contributed by atoms with Crippen LogP contribution in [0.4, 0.5) is 17.3 Å². The van der Waals surface area contributed by atoms with Crippen LogP contribution < -0.4 is 14.4 Å². The van der Waals surface area contributed by atoms with Crippen molar-refractivity contribution in [2.24, 2.45) is 10.9 Å². The van der Waals surface area contributed by atoms with Crippen LogP contribution in [0.2, 0.25) is 5.02 Å². The standard InChI is InChI=1S/C27H26ClN5O2/c1-33(25-12-11-20(15-29)16-31-25)27-23(14-22(28)17-32-27)30-13-5-9-21-8-4-10-24(34-2)26(21)35-18-19-6-3-7-19/h4-5,8-14,16-17,19H,3,6-7,18H2,1-2H3/b9-5+,30-13?. The summed E-state index contributed by atoms with van der Waals surface area (Å²) < 4.78 is 11.6. The molecule has 2 aromatic heterocycles. The van der Waals surface area contributed by atoms with Crippen LogP contribution in [0, 0.1) is 17.2 Å². The normalized spacial score (nSPS) is 13.5. The van der Waals surface area contributed by atoms with Gasteiger partial charge in [0, 0.05) is 31.2 Å². The molecule has 0 amide bonds. The summed E-state index contributed by atoms with van der Waals surface area (Å²) in [6.45, 7) is 0.697. The van der Waals surface area contributed by atoms with Gasteiger partial charge in [0.25, 0.3) is 0 Å². The maximum absolute atomic E-state index is 9.01. The Kier molecular flexibility index (Phi) is 7.96. The van der Waals surface area contributed by atoms with Crippen molar-refractivity contribution in [3.8, 4) is 17.6 Å². The summed E-state index contributed by atoms with van der Waals surface area (Å²) in [6.07, 6.45) is 12.3. The van der Waals surface area contributed by atoms with Gasteiger partial charge in [-0.3, -0.25) is 4.99 Å². The summed E-state index contributed by atoms with van der Waals surface area (Å²) in [6, 6.07) is 13.1. The number of rotatable bonds is 9. The third-order valence-electron chi connectivity index (χ3n) is 5.85. The van der Waals surface area contributed by atoms with Crippen LogP contribution in [0.1, 0.15) is 30.4 Å². The molecular formula is C27H26ClN5O2. The number of para-hydroxylation sites is 1. The van der Waals surface area contributed by atoms with Gasteiger partial charge < -0.3 is 14.4 Å². The molecule has 0 N–H and O–H groups in total. The van der Waals surface area contributed by atoms with E-state index in [4.69, 9.17) is 26.3 Å². The summed E-state index contributed by atoms with van der Waals surface area (Å²) in [7, 11) is 3.48. The maximum Gasteiger partial charge on any atom is 0.168 e. The summed E-state index contributed by atoms with van der Waals surface area (Å²) in [5.41, 5.74) is 1.99. The molecule has 1 aromatic carbocycles. The van der Waals surface area contributed by atoms with Crippen LogP contribution in [0.5, 0.6) is 11.5 Å². The highest BCUT2D eigenvalue weighted by atomic mass is 35.5. The second-order valence-corrected chi connectivity index (χ2v) is 8.63. The van der Waals surface area contributed by atoms with Crippen LogP contribution in [-0.2, 0) is 0 Å². The number of hydrogen-bond acceptors (Lipinski definition) is 7. The van der Waals surface area contributed by atoms with Crippen LogP contribution in [-0.4, -0.2) is 36.9 Å². The zero-order valence-corrected chi connectivity index (χ0v) is 20.4. The van der Waals surface area contributed by atoms with E-state index in [9.17, 15) is 0 Å². The lowest BCUT2D eigenvalue weighted by Crippen LogP contribution is -2.19. The first-order valence-electron chi connectivity index (χ1n) is 11.3. The zero-order valence-electron chi connectivity index (χ0n) is 19.7. The fourth-order valence-electron chi connectivity index (χ4n) is 3.64. The number of ether oxygens (including phenoxy) is 2. The SMILES string of the molecule is COc1cccc(/C=C/C=Nc2cc(Cl)cnc2N(C)c2ccc(C#N)cn2)c1OCC1CCC1. The maximum atomic E-state index is 9.01. The summed E-state index contributed by atoms with van der Waals surface area (Å²) in [5.74, 6) is 3.29. The largest absolute Gasteiger partial charge is 0.493 e. The molecule has 0 saturated heterocycles. The van der Waals surface area contributed by atoms with Crippen molar-refractivity contribution in [2.75, 3.05) is 25.7 Å². The monoisotopic (exact) mass is 487 g/mol. The van der Waals surface area contributed by atoms with E-state index in [1.807, 2.05) is 37.4 Å². The number of allylic oxidation sites excluding steroid dienone is 1. The summed E-state index contributed by atoms with van der Waals surface area (Å²) in [5, 5.41) is 9.48. The molecule has 4 rings (SSSR count). The average Bonchev–Trinajstić information content (AvgIpc) is 2.86. The van der Waals surface area contributed by atoms with Gasteiger partial charge in [0.2, 0.25) is 0 Å². The minimum Gasteiger partial charge on any atom is -0.493 e. The van der Waals surface area contributed by atoms with Crippen molar-refractivity contribution in [1.82, 2.24) is 9.97 Å². The molecular weight excluding hydrogens is 462 g/mol. The van der Waals surface area contributed by atoms with Gasteiger partial charge in [-0.1, -0.05) is 30.2 Å². The van der Waals surface area contributed by atoms with Gasteiger partial charge in [-0.15, -0.1) is 0 Å². The molecule has 0 atom stereocenters. The van der Waals surface area contributed by atoms with Crippen LogP contribution in [0.15, 0.2) is 59.9 Å². The quantitative estimate of drug-likeness (QED) is 0.326. The lowest BCUT2D eigenvalue weighted by Gasteiger charge is -2.26. The average molecular weight is 488 g/mol. The first kappa shape index (κ1) is 24.2. The van der Waals surface area contributed by atoms with E-state index >= 15 is 0 Å². The number of pyridine rings is 2. The molecule has 1 aliphatic carbocycles. The van der Waals surface area contributed by atoms with Gasteiger partial charge in [-0.2, -0.15) is 5.26 Å². The molecule has 0 spiro atoms. The van der Waals surface area contributed by atoms with Gasteiger partial charge in [-0.05, 0) is 55.2 Å². The third-order valence-corrected chi connectivity index (χ3v) is 6.05. The minimum atomic E-state index is 0.477. The van der Waals surface area contributed by atoms with Crippen molar-refractivity contribution < 1.29 is 9.47 Å². The van der Waals surface area contributed by atoms with Gasteiger partial charge in [0.15, 0.2) is 17.3 Å². The number of halogens is 1. The Hall–Kier alpha value is -3.89. The van der Waals surface area contributed by atoms with Crippen molar-refractivity contribution in [1.29, 1.82) is 5.26 Å². The van der Waals surface area contributed by atoms with Gasteiger partial charge >= 0.3 is 0 Å². The highest BCUT2D eigenvalue weighted by Crippen LogP contribution is 2.35. The first-order valence-corrected chi connectivity index (χ1v) is 11.7. The minimum absolute atomic E-state index is 0.477. The first-order chi connectivity index (χ1) is 17.1. The van der Waals surface area contributed by atoms with Crippen molar-refractivity contribution in [3.05, 3.63) is 71.0 Å². The Labute approximate surface area is 210 Å². The van der Waals surface area contributed by atoms with Crippen LogP contribution in [0.3, 0.4) is 0 Å². The lowest BCUT2D eigenvalue weighted by molar-refractivity contribution is 0.175. The van der Waals surface area contributed by atoms with E-state index in [-0.39, 0.29) is 0 Å². The van der Waals surface area contributed by atoms with E-state index < -0.39 is 0 Å². The zero-order chi connectivity index (χ0) is 24.6. The molecule has 0 unspecified atom stereocenters. The van der Waals surface area contributed by atoms with Gasteiger partial charge in [0.1, 0.15) is 17.6 Å². The molecule has 178 valence electrons. The predicted molar refractivity (Wildman–Crippen MR) is 139 cm³/mol. The fourth-order valence-corrected chi connectivity index (χ4v) is 3.80. The number of aromatic nitrogens is 2. The molecule has 1 fully saturated rings. The number of benzene rings is 1. The molecule has 3 aromatic rings. The topological polar surface area (TPSA) is 83.6 Å². The molecule has 8 heteroatoms. The van der Waals surface area contributed by atoms with Crippen molar-refractivity contribution in [2.45, 2.75) is 19.3 Å². The number of aliphatic imine (C=N–C) groups is 1. The molecule has 0 aliphatic heterocycles. The highest BCUT2D eigenvalue weighted by Gasteiger charge is 2.19. The Morgan fingerprint density at radius 3 is 2.77 bits per heavy atom. The number of hydrogen-bond donors (Lipinski definition) is 0. The smallest absolute Gasteiger partial charge is 0.168 e. The number of methoxy groups -OCH3 is 1. The van der Waals surface area contributed by atoms with Gasteiger partial charge in [-0.25, -0.2) is 9.97 Å². The van der Waals surface area contributed by atoms with Crippen LogP contribution >= 0.6 is 11.6 Å². The van der Waals surface area contributed by atoms with E-state index in [1.165, 1.54) is 25.5 Å². The molecule has 0 bridgehead atoms. The predicted octanol–water partition coefficient (Wildman–Crippen LogP) is 6.37. The fraction of sp³-hybridized carbons (Fsp3) is 0.259. The Morgan fingerprint density at radius 1 is 1.23 bits per heavy atom. The number of nitriles is 1. The molecule has 0 radical (unpaired) electrons. The highest BCUT2D eigenvalue weighted by molar-refractivity contribution is 6.30. The lowest BCUT2D eigenvalue weighted by atomic mass is 9.86. The summed E-state index contributed by atoms with van der Waals surface area (Å²) in [4.78, 5) is 15.1. The molecule has 35 heavy (non-hydrogen) atoms. The number of anilines is 2. The van der Waals surface area contributed by atoms with E-state index in [1.54, 1.807) is 42.6 Å². The van der Waals surface area contributed by atoms with Crippen molar-refractivity contribution in [3.63, 3.8) is 0 Å². The third kappa shape index (κ3) is 5.97. The van der Waals surface area contributed by atoms with E-state index in [0.29, 0.717) is 46.2 Å². The van der Waals surface area contributed by atoms with E-state index in [0.717, 1.165) is 11.3 Å². The number of nitrogens with zero attached hydrogens (tertiary/aromatic N) is 5. The molecule has 1 aliphatic rings.